The Balaban J connectivity index is 0.00000504. The number of carboxylic acid groups (broad SMARTS) is 1. The fourth-order valence-corrected chi connectivity index (χ4v) is 8.16. The van der Waals surface area contributed by atoms with Crippen molar-refractivity contribution in [3.05, 3.63) is 83.3 Å². The molecule has 0 radical (unpaired) electrons. The van der Waals surface area contributed by atoms with E-state index < -0.39 is 16.0 Å². The molecule has 2 atom stereocenters. The van der Waals surface area contributed by atoms with Crippen LogP contribution in [0.25, 0.3) is 11.3 Å². The Labute approximate surface area is 306 Å². The Morgan fingerprint density at radius 2 is 1.78 bits per heavy atom. The molecular formula is C37H46ClN7O5S. The molecule has 2 aromatic heterocycles. The van der Waals surface area contributed by atoms with Crippen LogP contribution in [0, 0.1) is 25.2 Å². The van der Waals surface area contributed by atoms with Crippen LogP contribution in [0.15, 0.2) is 65.8 Å². The number of nitrogens with zero attached hydrogens (tertiary/aromatic N) is 5. The number of rotatable bonds is 13. The van der Waals surface area contributed by atoms with E-state index in [1.165, 1.54) is 18.2 Å². The number of hydrogen-bond acceptors (Lipinski definition) is 10. The normalized spacial score (nSPS) is 17.7. The summed E-state index contributed by atoms with van der Waals surface area (Å²) in [5, 5.41) is 13.1. The number of anilines is 2. The number of carbonyl (C=O) groups is 1. The summed E-state index contributed by atoms with van der Waals surface area (Å²) in [5.41, 5.74) is 4.20. The molecule has 1 aliphatic heterocycles. The highest BCUT2D eigenvalue weighted by Gasteiger charge is 2.40. The van der Waals surface area contributed by atoms with E-state index >= 15 is 0 Å². The summed E-state index contributed by atoms with van der Waals surface area (Å²) < 4.78 is 35.7. The zero-order chi connectivity index (χ0) is 35.6. The second kappa shape index (κ2) is 15.5. The number of carboxylic acids is 1. The molecule has 1 unspecified atom stereocenters. The molecule has 0 amide bonds. The fraction of sp³-hybridized carbons (Fsp3) is 0.432. The maximum atomic E-state index is 13.4. The standard InChI is InChI=1S/C37H45N7O5S.ClH/c1-23-9-6-10-24(2)34(23)30-16-33(42-36(41-30)43-50(47,48)29-13-7-12-26(15-29)35(45)46)49-22-31(27-17-37(4,5)18-27)39-20-28-19-38-21-32(40-28)44-14-8-11-25(44)3;/h6-7,9-10,12-13,15-16,19,21,25,27,31,39H,8,11,14,17-18,20,22H2,1-5H3,(H,45,46)(H,41,42,43);1H/t25-,31?;/m1./s1. The number of benzene rings is 2. The Morgan fingerprint density at radius 1 is 1.06 bits per heavy atom. The van der Waals surface area contributed by atoms with Crippen molar-refractivity contribution >= 4 is 40.2 Å². The van der Waals surface area contributed by atoms with E-state index in [9.17, 15) is 18.3 Å². The van der Waals surface area contributed by atoms with Crippen molar-refractivity contribution in [2.45, 2.75) is 83.8 Å². The molecule has 1 aliphatic carbocycles. The van der Waals surface area contributed by atoms with Crippen LogP contribution < -0.4 is 19.7 Å². The van der Waals surface area contributed by atoms with Gasteiger partial charge < -0.3 is 20.1 Å². The van der Waals surface area contributed by atoms with Crippen LogP contribution >= 0.6 is 12.4 Å². The van der Waals surface area contributed by atoms with Crippen molar-refractivity contribution in [3.8, 4) is 17.1 Å². The van der Waals surface area contributed by atoms with Crippen molar-refractivity contribution < 1.29 is 23.1 Å². The SMILES string of the molecule is Cc1cccc(C)c1-c1cc(OCC(NCc2cncc(N3CCC[C@H]3C)n2)C2CC(C)(C)C2)nc(NS(=O)(=O)c2cccc(C(=O)O)c2)n1.Cl. The average molecular weight is 736 g/mol. The van der Waals surface area contributed by atoms with Gasteiger partial charge in [0.1, 0.15) is 12.4 Å². The van der Waals surface area contributed by atoms with Gasteiger partial charge in [-0.25, -0.2) is 27.9 Å². The van der Waals surface area contributed by atoms with Crippen molar-refractivity contribution in [2.75, 3.05) is 22.8 Å². The Kier molecular flexibility index (Phi) is 11.5. The van der Waals surface area contributed by atoms with Crippen molar-refractivity contribution in [3.63, 3.8) is 0 Å². The van der Waals surface area contributed by atoms with Gasteiger partial charge in [0.25, 0.3) is 10.0 Å². The van der Waals surface area contributed by atoms with Gasteiger partial charge in [0.2, 0.25) is 11.8 Å². The third-order valence-corrected chi connectivity index (χ3v) is 11.1. The molecule has 3 N–H and O–H groups in total. The summed E-state index contributed by atoms with van der Waals surface area (Å²) in [4.78, 5) is 32.1. The van der Waals surface area contributed by atoms with Crippen LogP contribution in [-0.2, 0) is 16.6 Å². The van der Waals surface area contributed by atoms with Crippen LogP contribution in [0.1, 0.15) is 73.6 Å². The van der Waals surface area contributed by atoms with E-state index in [1.807, 2.05) is 38.2 Å². The number of nitrogens with one attached hydrogen (secondary N) is 2. The summed E-state index contributed by atoms with van der Waals surface area (Å²) in [6.07, 6.45) is 7.99. The molecule has 14 heteroatoms. The Hall–Kier alpha value is -4.33. The number of halogens is 1. The lowest BCUT2D eigenvalue weighted by molar-refractivity contribution is 0.0460. The Bertz CT molecular complexity index is 1970. The zero-order valence-electron chi connectivity index (χ0n) is 29.6. The highest BCUT2D eigenvalue weighted by molar-refractivity contribution is 7.92. The third kappa shape index (κ3) is 8.95. The largest absolute Gasteiger partial charge is 0.478 e. The molecule has 51 heavy (non-hydrogen) atoms. The van der Waals surface area contributed by atoms with Gasteiger partial charge in [0, 0.05) is 43.0 Å². The minimum atomic E-state index is -4.23. The third-order valence-electron chi connectivity index (χ3n) is 9.73. The quantitative estimate of drug-likeness (QED) is 0.139. The average Bonchev–Trinajstić information content (AvgIpc) is 3.49. The highest BCUT2D eigenvalue weighted by Crippen LogP contribution is 2.46. The predicted octanol–water partition coefficient (Wildman–Crippen LogP) is 6.43. The molecule has 6 rings (SSSR count). The number of aromatic carboxylic acids is 1. The topological polar surface area (TPSA) is 160 Å². The first-order valence-electron chi connectivity index (χ1n) is 17.0. The van der Waals surface area contributed by atoms with E-state index in [2.05, 4.69) is 50.7 Å². The molecule has 2 aliphatic rings. The van der Waals surface area contributed by atoms with Gasteiger partial charge in [-0.3, -0.25) is 4.98 Å². The summed E-state index contributed by atoms with van der Waals surface area (Å²) in [6.45, 7) is 12.5. The van der Waals surface area contributed by atoms with E-state index in [0.29, 0.717) is 24.2 Å². The lowest BCUT2D eigenvalue weighted by atomic mass is 9.62. The maximum absolute atomic E-state index is 13.4. The van der Waals surface area contributed by atoms with Gasteiger partial charge in [0.05, 0.1) is 28.0 Å². The number of sulfonamides is 1. The molecule has 12 nitrogen and oxygen atoms in total. The monoisotopic (exact) mass is 735 g/mol. The van der Waals surface area contributed by atoms with Gasteiger partial charge in [0.15, 0.2) is 0 Å². The first-order valence-corrected chi connectivity index (χ1v) is 18.5. The van der Waals surface area contributed by atoms with Crippen molar-refractivity contribution in [1.29, 1.82) is 0 Å². The number of ether oxygens (including phenoxy) is 1. The van der Waals surface area contributed by atoms with Gasteiger partial charge in [-0.1, -0.05) is 38.1 Å². The maximum Gasteiger partial charge on any atom is 0.335 e. The fourth-order valence-electron chi connectivity index (χ4n) is 7.18. The van der Waals surface area contributed by atoms with Gasteiger partial charge >= 0.3 is 5.97 Å². The first kappa shape index (κ1) is 37.9. The number of aromatic nitrogens is 4. The molecule has 2 aromatic carbocycles. The second-order valence-electron chi connectivity index (χ2n) is 14.3. The Morgan fingerprint density at radius 3 is 2.45 bits per heavy atom. The predicted molar refractivity (Wildman–Crippen MR) is 199 cm³/mol. The molecule has 2 fully saturated rings. The number of aryl methyl sites for hydroxylation is 2. The van der Waals surface area contributed by atoms with E-state index in [0.717, 1.165) is 66.5 Å². The molecule has 0 spiro atoms. The minimum absolute atomic E-state index is 0. The lowest BCUT2D eigenvalue weighted by Gasteiger charge is -2.46. The molecule has 1 saturated carbocycles. The first-order chi connectivity index (χ1) is 23.8. The van der Waals surface area contributed by atoms with Crippen LogP contribution in [0.4, 0.5) is 11.8 Å². The van der Waals surface area contributed by atoms with Crippen LogP contribution in [0.3, 0.4) is 0 Å². The van der Waals surface area contributed by atoms with Crippen LogP contribution in [0.5, 0.6) is 5.88 Å². The van der Waals surface area contributed by atoms with Crippen molar-refractivity contribution in [1.82, 2.24) is 25.3 Å². The molecule has 0 bridgehead atoms. The van der Waals surface area contributed by atoms with Gasteiger partial charge in [-0.05, 0) is 87.1 Å². The van der Waals surface area contributed by atoms with E-state index in [1.54, 1.807) is 12.3 Å². The summed E-state index contributed by atoms with van der Waals surface area (Å²) in [7, 11) is -4.23. The van der Waals surface area contributed by atoms with E-state index in [-0.39, 0.29) is 52.8 Å². The van der Waals surface area contributed by atoms with Gasteiger partial charge in [-0.15, -0.1) is 12.4 Å². The summed E-state index contributed by atoms with van der Waals surface area (Å²) in [6, 6.07) is 13.1. The van der Waals surface area contributed by atoms with Crippen LogP contribution in [-0.4, -0.2) is 64.7 Å². The summed E-state index contributed by atoms with van der Waals surface area (Å²) >= 11 is 0. The smallest absolute Gasteiger partial charge is 0.335 e. The van der Waals surface area contributed by atoms with Crippen LogP contribution in [0.2, 0.25) is 0 Å². The number of hydrogen-bond donors (Lipinski definition) is 3. The molecule has 4 aromatic rings. The van der Waals surface area contributed by atoms with Crippen molar-refractivity contribution in [2.24, 2.45) is 11.3 Å². The molecular weight excluding hydrogens is 690 g/mol. The van der Waals surface area contributed by atoms with Gasteiger partial charge in [-0.2, -0.15) is 4.98 Å². The lowest BCUT2D eigenvalue weighted by Crippen LogP contribution is -2.48. The summed E-state index contributed by atoms with van der Waals surface area (Å²) in [5.74, 6) is 0.0592. The zero-order valence-corrected chi connectivity index (χ0v) is 31.2. The highest BCUT2D eigenvalue weighted by atomic mass is 35.5. The minimum Gasteiger partial charge on any atom is -0.478 e. The second-order valence-corrected chi connectivity index (χ2v) is 16.0. The van der Waals surface area contributed by atoms with E-state index in [4.69, 9.17) is 9.72 Å². The molecule has 3 heterocycles. The molecule has 1 saturated heterocycles. The molecule has 272 valence electrons.